The molecule has 0 aliphatic heterocycles. The maximum absolute atomic E-state index is 12.7. The Hall–Kier alpha value is -3.94. The predicted molar refractivity (Wildman–Crippen MR) is 131 cm³/mol. The van der Waals surface area contributed by atoms with Crippen molar-refractivity contribution in [2.24, 2.45) is 0 Å². The Morgan fingerprint density at radius 3 is 2.37 bits per heavy atom. The third-order valence-corrected chi connectivity index (χ3v) is 6.01. The molecule has 2 aromatic carbocycles. The second-order valence-electron chi connectivity index (χ2n) is 8.33. The van der Waals surface area contributed by atoms with Crippen LogP contribution in [0.25, 0.3) is 10.9 Å². The molecule has 1 N–H and O–H groups in total. The van der Waals surface area contributed by atoms with Crippen LogP contribution in [0.2, 0.25) is 0 Å². The quantitative estimate of drug-likeness (QED) is 0.356. The number of methoxy groups -OCH3 is 1. The molecular weight excluding hydrogens is 448 g/mol. The van der Waals surface area contributed by atoms with Gasteiger partial charge in [-0.15, -0.1) is 0 Å². The Labute approximate surface area is 203 Å². The Kier molecular flexibility index (Phi) is 7.60. The van der Waals surface area contributed by atoms with Crippen molar-refractivity contribution < 1.29 is 28.6 Å². The molecule has 1 aliphatic carbocycles. The van der Waals surface area contributed by atoms with Crippen molar-refractivity contribution >= 4 is 40.2 Å². The molecule has 8 heteroatoms. The van der Waals surface area contributed by atoms with E-state index in [4.69, 9.17) is 14.2 Å². The van der Waals surface area contributed by atoms with Gasteiger partial charge < -0.3 is 19.5 Å². The number of nitrogens with zero attached hydrogens (tertiary/aromatic N) is 1. The van der Waals surface area contributed by atoms with E-state index in [1.54, 1.807) is 49.4 Å². The molecular formula is C27H28N2O6. The van der Waals surface area contributed by atoms with Gasteiger partial charge in [-0.25, -0.2) is 14.4 Å². The SMILES string of the molecule is CCOC(=O)c1cnc2c(C(=O)OC)cccc2c1Nc1ccc(C(=O)OC2CCCCC2)cc1. The van der Waals surface area contributed by atoms with E-state index in [-0.39, 0.29) is 29.8 Å². The molecule has 8 nitrogen and oxygen atoms in total. The monoisotopic (exact) mass is 476 g/mol. The van der Waals surface area contributed by atoms with Gasteiger partial charge in [-0.3, -0.25) is 4.98 Å². The fraction of sp³-hybridized carbons (Fsp3) is 0.333. The average molecular weight is 477 g/mol. The summed E-state index contributed by atoms with van der Waals surface area (Å²) in [5, 5.41) is 3.80. The van der Waals surface area contributed by atoms with Crippen molar-refractivity contribution in [3.8, 4) is 0 Å². The Morgan fingerprint density at radius 2 is 1.69 bits per heavy atom. The van der Waals surface area contributed by atoms with Gasteiger partial charge in [0.1, 0.15) is 11.7 Å². The van der Waals surface area contributed by atoms with Crippen molar-refractivity contribution in [3.05, 3.63) is 65.4 Å². The molecule has 1 saturated carbocycles. The number of anilines is 2. The summed E-state index contributed by atoms with van der Waals surface area (Å²) in [6, 6.07) is 11.9. The molecule has 0 radical (unpaired) electrons. The van der Waals surface area contributed by atoms with E-state index >= 15 is 0 Å². The zero-order valence-corrected chi connectivity index (χ0v) is 19.8. The molecule has 0 saturated heterocycles. The summed E-state index contributed by atoms with van der Waals surface area (Å²) in [6.45, 7) is 1.93. The number of hydrogen-bond donors (Lipinski definition) is 1. The highest BCUT2D eigenvalue weighted by atomic mass is 16.5. The van der Waals surface area contributed by atoms with Crippen LogP contribution in [0.1, 0.15) is 70.1 Å². The van der Waals surface area contributed by atoms with Gasteiger partial charge in [-0.1, -0.05) is 18.6 Å². The van der Waals surface area contributed by atoms with E-state index in [0.29, 0.717) is 27.8 Å². The fourth-order valence-corrected chi connectivity index (χ4v) is 4.23. The van der Waals surface area contributed by atoms with Crippen molar-refractivity contribution in [2.75, 3.05) is 19.0 Å². The number of esters is 3. The smallest absolute Gasteiger partial charge is 0.341 e. The second kappa shape index (κ2) is 11.0. The van der Waals surface area contributed by atoms with E-state index in [1.807, 2.05) is 0 Å². The maximum Gasteiger partial charge on any atom is 0.341 e. The van der Waals surface area contributed by atoms with E-state index in [9.17, 15) is 14.4 Å². The van der Waals surface area contributed by atoms with Gasteiger partial charge in [-0.05, 0) is 62.9 Å². The second-order valence-corrected chi connectivity index (χ2v) is 8.33. The van der Waals surface area contributed by atoms with Crippen LogP contribution in [0, 0.1) is 0 Å². The molecule has 0 atom stereocenters. The molecule has 1 aliphatic rings. The summed E-state index contributed by atoms with van der Waals surface area (Å²) in [7, 11) is 1.30. The largest absolute Gasteiger partial charge is 0.465 e. The first-order valence-corrected chi connectivity index (χ1v) is 11.8. The molecule has 0 spiro atoms. The van der Waals surface area contributed by atoms with Crippen LogP contribution < -0.4 is 5.32 Å². The minimum atomic E-state index is -0.541. The number of fused-ring (bicyclic) bond motifs is 1. The van der Waals surface area contributed by atoms with Crippen LogP contribution in [0.5, 0.6) is 0 Å². The zero-order valence-electron chi connectivity index (χ0n) is 19.8. The van der Waals surface area contributed by atoms with Gasteiger partial charge >= 0.3 is 17.9 Å². The first-order valence-electron chi connectivity index (χ1n) is 11.8. The molecule has 1 fully saturated rings. The minimum absolute atomic E-state index is 0.0200. The molecule has 182 valence electrons. The lowest BCUT2D eigenvalue weighted by Gasteiger charge is -2.21. The number of benzene rings is 2. The lowest BCUT2D eigenvalue weighted by molar-refractivity contribution is 0.0210. The third kappa shape index (κ3) is 5.42. The molecule has 1 heterocycles. The van der Waals surface area contributed by atoms with Gasteiger partial charge in [0.25, 0.3) is 0 Å². The van der Waals surface area contributed by atoms with E-state index in [2.05, 4.69) is 10.3 Å². The number of aromatic nitrogens is 1. The molecule has 0 unspecified atom stereocenters. The minimum Gasteiger partial charge on any atom is -0.465 e. The first-order chi connectivity index (χ1) is 17.0. The predicted octanol–water partition coefficient (Wildman–Crippen LogP) is 5.43. The van der Waals surface area contributed by atoms with Gasteiger partial charge in [0, 0.05) is 17.3 Å². The van der Waals surface area contributed by atoms with Crippen molar-refractivity contribution in [1.29, 1.82) is 0 Å². The molecule has 3 aromatic rings. The Balaban J connectivity index is 1.65. The molecule has 35 heavy (non-hydrogen) atoms. The van der Waals surface area contributed by atoms with Crippen molar-refractivity contribution in [1.82, 2.24) is 4.98 Å². The van der Waals surface area contributed by atoms with Crippen molar-refractivity contribution in [2.45, 2.75) is 45.1 Å². The highest BCUT2D eigenvalue weighted by molar-refractivity contribution is 6.11. The zero-order chi connectivity index (χ0) is 24.8. The topological polar surface area (TPSA) is 104 Å². The number of hydrogen-bond acceptors (Lipinski definition) is 8. The first kappa shape index (κ1) is 24.2. The van der Waals surface area contributed by atoms with Crippen LogP contribution >= 0.6 is 0 Å². The van der Waals surface area contributed by atoms with E-state index in [0.717, 1.165) is 25.7 Å². The third-order valence-electron chi connectivity index (χ3n) is 6.01. The molecule has 1 aromatic heterocycles. The highest BCUT2D eigenvalue weighted by Gasteiger charge is 2.21. The normalized spacial score (nSPS) is 13.8. The van der Waals surface area contributed by atoms with Crippen LogP contribution in [-0.2, 0) is 14.2 Å². The van der Waals surface area contributed by atoms with Crippen molar-refractivity contribution in [3.63, 3.8) is 0 Å². The standard InChI is InChI=1S/C27H28N2O6/c1-3-34-27(32)22-16-28-23-20(10-7-11-21(23)26(31)33-2)24(22)29-18-14-12-17(13-15-18)25(30)35-19-8-5-4-6-9-19/h7,10-16,19H,3-6,8-9H2,1-2H3,(H,28,29). The number of rotatable bonds is 7. The van der Waals surface area contributed by atoms with Crippen LogP contribution in [0.3, 0.4) is 0 Å². The molecule has 0 amide bonds. The summed E-state index contributed by atoms with van der Waals surface area (Å²) in [5.74, 6) is -1.41. The number of para-hydroxylation sites is 1. The van der Waals surface area contributed by atoms with E-state index in [1.165, 1.54) is 19.7 Å². The average Bonchev–Trinajstić information content (AvgIpc) is 2.89. The molecule has 0 bridgehead atoms. The highest BCUT2D eigenvalue weighted by Crippen LogP contribution is 2.32. The Bertz CT molecular complexity index is 1230. The summed E-state index contributed by atoms with van der Waals surface area (Å²) in [4.78, 5) is 41.8. The number of ether oxygens (including phenoxy) is 3. The summed E-state index contributed by atoms with van der Waals surface area (Å²) >= 11 is 0. The van der Waals surface area contributed by atoms with Crippen LogP contribution in [0.15, 0.2) is 48.7 Å². The number of pyridine rings is 1. The molecule has 4 rings (SSSR count). The number of carbonyl (C=O) groups excluding carboxylic acids is 3. The number of nitrogens with one attached hydrogen (secondary N) is 1. The number of carbonyl (C=O) groups is 3. The summed E-state index contributed by atoms with van der Waals surface area (Å²) < 4.78 is 15.7. The van der Waals surface area contributed by atoms with E-state index < -0.39 is 11.9 Å². The summed E-state index contributed by atoms with van der Waals surface area (Å²) in [5.41, 5.74) is 2.44. The van der Waals surface area contributed by atoms with Gasteiger partial charge in [0.15, 0.2) is 0 Å². The fourth-order valence-electron chi connectivity index (χ4n) is 4.23. The van der Waals surface area contributed by atoms with Gasteiger partial charge in [0.05, 0.1) is 36.0 Å². The Morgan fingerprint density at radius 1 is 0.943 bits per heavy atom. The van der Waals surface area contributed by atoms with Crippen LogP contribution in [-0.4, -0.2) is 42.7 Å². The van der Waals surface area contributed by atoms with Gasteiger partial charge in [-0.2, -0.15) is 0 Å². The maximum atomic E-state index is 12.7. The summed E-state index contributed by atoms with van der Waals surface area (Å²) in [6.07, 6.45) is 6.53. The van der Waals surface area contributed by atoms with Gasteiger partial charge in [0.2, 0.25) is 0 Å². The lowest BCUT2D eigenvalue weighted by Crippen LogP contribution is -2.20. The van der Waals surface area contributed by atoms with Crippen LogP contribution in [0.4, 0.5) is 11.4 Å². The lowest BCUT2D eigenvalue weighted by atomic mass is 9.98.